The number of aryl methyl sites for hydroxylation is 1. The van der Waals surface area contributed by atoms with Gasteiger partial charge in [0.25, 0.3) is 0 Å². The Balaban J connectivity index is 2.65. The highest BCUT2D eigenvalue weighted by Gasteiger charge is 2.13. The number of nitrogens with zero attached hydrogens (tertiary/aromatic N) is 3. The number of benzene rings is 1. The van der Waals surface area contributed by atoms with Gasteiger partial charge in [-0.05, 0) is 18.2 Å². The van der Waals surface area contributed by atoms with Crippen molar-refractivity contribution < 1.29 is 4.39 Å². The van der Waals surface area contributed by atoms with Gasteiger partial charge >= 0.3 is 0 Å². The molecule has 5 heteroatoms. The van der Waals surface area contributed by atoms with Crippen LogP contribution in [0.25, 0.3) is 11.1 Å². The molecule has 0 fully saturated rings. The monoisotopic (exact) mass is 234 g/mol. The highest BCUT2D eigenvalue weighted by atomic mass is 19.1. The third-order valence-corrected chi connectivity index (χ3v) is 2.72. The first-order valence-corrected chi connectivity index (χ1v) is 5.25. The summed E-state index contributed by atoms with van der Waals surface area (Å²) in [5.74, 6) is 0.243. The minimum Gasteiger partial charge on any atom is -0.383 e. The van der Waals surface area contributed by atoms with Crippen LogP contribution in [0, 0.1) is 5.82 Å². The van der Waals surface area contributed by atoms with Crippen LogP contribution in [0.4, 0.5) is 15.9 Å². The minimum atomic E-state index is -0.283. The summed E-state index contributed by atoms with van der Waals surface area (Å²) < 4.78 is 14.9. The zero-order chi connectivity index (χ0) is 12.6. The Morgan fingerprint density at radius 3 is 2.53 bits per heavy atom. The van der Waals surface area contributed by atoms with Crippen LogP contribution in [-0.4, -0.2) is 23.9 Å². The number of nitrogen functional groups attached to an aromatic ring is 1. The van der Waals surface area contributed by atoms with Crippen LogP contribution in [0.3, 0.4) is 0 Å². The molecule has 0 spiro atoms. The van der Waals surface area contributed by atoms with Crippen molar-refractivity contribution in [1.29, 1.82) is 0 Å². The molecule has 0 unspecified atom stereocenters. The van der Waals surface area contributed by atoms with E-state index in [0.29, 0.717) is 5.82 Å². The number of rotatable bonds is 2. The predicted molar refractivity (Wildman–Crippen MR) is 67.3 cm³/mol. The van der Waals surface area contributed by atoms with E-state index >= 15 is 0 Å². The SMILES string of the molecule is CN(C)c1ccc(F)cc1-c1cnn(C)c1N. The fraction of sp³-hybridized carbons (Fsp3) is 0.250. The average Bonchev–Trinajstić information content (AvgIpc) is 2.59. The number of aromatic nitrogens is 2. The van der Waals surface area contributed by atoms with Crippen molar-refractivity contribution in [3.05, 3.63) is 30.2 Å². The maximum absolute atomic E-state index is 13.3. The normalized spacial score (nSPS) is 10.6. The molecule has 2 N–H and O–H groups in total. The van der Waals surface area contributed by atoms with Crippen molar-refractivity contribution in [2.45, 2.75) is 0 Å². The first-order valence-electron chi connectivity index (χ1n) is 5.25. The molecule has 1 heterocycles. The van der Waals surface area contributed by atoms with Crippen LogP contribution < -0.4 is 10.6 Å². The molecule has 0 amide bonds. The van der Waals surface area contributed by atoms with Gasteiger partial charge in [0.1, 0.15) is 11.6 Å². The highest BCUT2D eigenvalue weighted by Crippen LogP contribution is 2.33. The van der Waals surface area contributed by atoms with Crippen molar-refractivity contribution >= 4 is 11.5 Å². The zero-order valence-electron chi connectivity index (χ0n) is 10.1. The molecule has 2 rings (SSSR count). The second-order valence-corrected chi connectivity index (χ2v) is 4.12. The number of anilines is 2. The Bertz CT molecular complexity index is 545. The molecule has 0 saturated heterocycles. The van der Waals surface area contributed by atoms with Crippen LogP contribution in [-0.2, 0) is 7.05 Å². The van der Waals surface area contributed by atoms with Gasteiger partial charge in [0.2, 0.25) is 0 Å². The molecule has 0 aliphatic carbocycles. The van der Waals surface area contributed by atoms with E-state index in [1.165, 1.54) is 12.1 Å². The van der Waals surface area contributed by atoms with Crippen LogP contribution in [0.1, 0.15) is 0 Å². The van der Waals surface area contributed by atoms with Gasteiger partial charge in [-0.1, -0.05) is 0 Å². The van der Waals surface area contributed by atoms with Crippen LogP contribution in [0.5, 0.6) is 0 Å². The molecular weight excluding hydrogens is 219 g/mol. The maximum atomic E-state index is 13.3. The van der Waals surface area contributed by atoms with E-state index in [0.717, 1.165) is 16.8 Å². The Morgan fingerprint density at radius 1 is 1.29 bits per heavy atom. The molecule has 4 nitrogen and oxygen atoms in total. The fourth-order valence-electron chi connectivity index (χ4n) is 1.77. The minimum absolute atomic E-state index is 0.283. The molecule has 0 saturated carbocycles. The fourth-order valence-corrected chi connectivity index (χ4v) is 1.77. The summed E-state index contributed by atoms with van der Waals surface area (Å²) >= 11 is 0. The number of hydrogen-bond donors (Lipinski definition) is 1. The molecule has 1 aromatic heterocycles. The van der Waals surface area contributed by atoms with Gasteiger partial charge in [0, 0.05) is 38.0 Å². The third kappa shape index (κ3) is 1.95. The van der Waals surface area contributed by atoms with E-state index in [9.17, 15) is 4.39 Å². The number of nitrogens with two attached hydrogens (primary N) is 1. The van der Waals surface area contributed by atoms with Gasteiger partial charge < -0.3 is 10.6 Å². The van der Waals surface area contributed by atoms with Crippen LogP contribution in [0.15, 0.2) is 24.4 Å². The third-order valence-electron chi connectivity index (χ3n) is 2.72. The van der Waals surface area contributed by atoms with Crippen molar-refractivity contribution in [3.8, 4) is 11.1 Å². The predicted octanol–water partition coefficient (Wildman–Crippen LogP) is 1.87. The summed E-state index contributed by atoms with van der Waals surface area (Å²) in [7, 11) is 5.57. The lowest BCUT2D eigenvalue weighted by atomic mass is 10.1. The lowest BCUT2D eigenvalue weighted by molar-refractivity contribution is 0.628. The Labute approximate surface area is 99.5 Å². The number of hydrogen-bond acceptors (Lipinski definition) is 3. The molecule has 0 bridgehead atoms. The Hall–Kier alpha value is -2.04. The van der Waals surface area contributed by atoms with Gasteiger partial charge in [-0.15, -0.1) is 0 Å². The van der Waals surface area contributed by atoms with Crippen molar-refractivity contribution in [1.82, 2.24) is 9.78 Å². The van der Waals surface area contributed by atoms with Gasteiger partial charge in [-0.3, -0.25) is 4.68 Å². The molecular formula is C12H15FN4. The largest absolute Gasteiger partial charge is 0.383 e. The summed E-state index contributed by atoms with van der Waals surface area (Å²) in [6.07, 6.45) is 1.65. The Kier molecular flexibility index (Phi) is 2.75. The molecule has 0 aliphatic rings. The van der Waals surface area contributed by atoms with Crippen molar-refractivity contribution in [2.24, 2.45) is 7.05 Å². The van der Waals surface area contributed by atoms with E-state index in [-0.39, 0.29) is 5.82 Å². The lowest BCUT2D eigenvalue weighted by Crippen LogP contribution is -2.10. The molecule has 0 aliphatic heterocycles. The molecule has 90 valence electrons. The van der Waals surface area contributed by atoms with Gasteiger partial charge in [-0.2, -0.15) is 5.10 Å². The van der Waals surface area contributed by atoms with Gasteiger partial charge in [0.05, 0.1) is 6.20 Å². The van der Waals surface area contributed by atoms with Gasteiger partial charge in [0.15, 0.2) is 0 Å². The lowest BCUT2D eigenvalue weighted by Gasteiger charge is -2.17. The van der Waals surface area contributed by atoms with Crippen molar-refractivity contribution in [3.63, 3.8) is 0 Å². The summed E-state index contributed by atoms with van der Waals surface area (Å²) in [5, 5.41) is 4.07. The standard InChI is InChI=1S/C12H15FN4/c1-16(2)11-5-4-8(13)6-9(11)10-7-15-17(3)12(10)14/h4-7H,14H2,1-3H3. The van der Waals surface area contributed by atoms with E-state index in [4.69, 9.17) is 5.73 Å². The summed E-state index contributed by atoms with van der Waals surface area (Å²) in [4.78, 5) is 1.92. The topological polar surface area (TPSA) is 47.1 Å². The van der Waals surface area contributed by atoms with E-state index in [2.05, 4.69) is 5.10 Å². The van der Waals surface area contributed by atoms with E-state index in [1.54, 1.807) is 24.0 Å². The van der Waals surface area contributed by atoms with E-state index in [1.807, 2.05) is 19.0 Å². The van der Waals surface area contributed by atoms with Crippen molar-refractivity contribution in [2.75, 3.05) is 24.7 Å². The molecule has 0 radical (unpaired) electrons. The first kappa shape index (κ1) is 11.4. The second-order valence-electron chi connectivity index (χ2n) is 4.12. The first-order chi connectivity index (χ1) is 8.00. The smallest absolute Gasteiger partial charge is 0.129 e. The average molecular weight is 234 g/mol. The molecule has 17 heavy (non-hydrogen) atoms. The highest BCUT2D eigenvalue weighted by molar-refractivity contribution is 5.83. The Morgan fingerprint density at radius 2 is 2.00 bits per heavy atom. The summed E-state index contributed by atoms with van der Waals surface area (Å²) in [5.41, 5.74) is 8.32. The second kappa shape index (κ2) is 4.08. The maximum Gasteiger partial charge on any atom is 0.129 e. The van der Waals surface area contributed by atoms with Crippen LogP contribution >= 0.6 is 0 Å². The van der Waals surface area contributed by atoms with Gasteiger partial charge in [-0.25, -0.2) is 4.39 Å². The van der Waals surface area contributed by atoms with Crippen LogP contribution in [0.2, 0.25) is 0 Å². The van der Waals surface area contributed by atoms with E-state index < -0.39 is 0 Å². The molecule has 2 aromatic rings. The summed E-state index contributed by atoms with van der Waals surface area (Å²) in [6, 6.07) is 4.64. The summed E-state index contributed by atoms with van der Waals surface area (Å²) in [6.45, 7) is 0. The molecule has 0 atom stereocenters. The molecule has 1 aromatic carbocycles. The quantitative estimate of drug-likeness (QED) is 0.863. The zero-order valence-corrected chi connectivity index (χ0v) is 10.1. The number of halogens is 1.